The van der Waals surface area contributed by atoms with Gasteiger partial charge in [0.1, 0.15) is 11.7 Å². The summed E-state index contributed by atoms with van der Waals surface area (Å²) in [4.78, 5) is 4.31. The molecule has 7 rings (SSSR count). The Morgan fingerprint density at radius 1 is 1.35 bits per heavy atom. The fourth-order valence-corrected chi connectivity index (χ4v) is 5.44. The molecule has 4 saturated carbocycles. The first-order valence-electron chi connectivity index (χ1n) is 10.6. The van der Waals surface area contributed by atoms with Crippen LogP contribution in [-0.4, -0.2) is 54.1 Å². The SMILES string of the molecule is OC(NC12CC(C1)C2)O[C@@H]1CC[C@H](c2cc(Nc3nccn4ncc(Cl)c34)n[nH]2)[C@@H]1F. The number of hydrogen-bond donors (Lipinski definition) is 4. The van der Waals surface area contributed by atoms with E-state index in [0.717, 1.165) is 25.2 Å². The van der Waals surface area contributed by atoms with Crippen LogP contribution in [0.4, 0.5) is 16.0 Å². The average Bonchev–Trinajstić information content (AvgIpc) is 3.39. The Morgan fingerprint density at radius 2 is 2.19 bits per heavy atom. The molecule has 1 unspecified atom stereocenters. The summed E-state index contributed by atoms with van der Waals surface area (Å²) in [6.07, 6.45) is 6.22. The quantitative estimate of drug-likeness (QED) is 0.412. The number of aliphatic hydroxyl groups is 1. The molecule has 4 fully saturated rings. The third-order valence-corrected chi connectivity index (χ3v) is 7.18. The smallest absolute Gasteiger partial charge is 0.214 e. The van der Waals surface area contributed by atoms with Crippen molar-refractivity contribution in [2.24, 2.45) is 5.92 Å². The number of nitrogens with one attached hydrogen (secondary N) is 3. The third-order valence-electron chi connectivity index (χ3n) is 6.90. The topological polar surface area (TPSA) is 112 Å². The first-order chi connectivity index (χ1) is 15.0. The number of nitrogens with zero attached hydrogens (tertiary/aromatic N) is 4. The molecule has 0 saturated heterocycles. The molecule has 0 radical (unpaired) electrons. The van der Waals surface area contributed by atoms with Crippen molar-refractivity contribution in [1.29, 1.82) is 0 Å². The van der Waals surface area contributed by atoms with Crippen LogP contribution in [0.15, 0.2) is 24.7 Å². The van der Waals surface area contributed by atoms with Gasteiger partial charge in [-0.05, 0) is 38.0 Å². The molecule has 164 valence electrons. The Morgan fingerprint density at radius 3 is 2.97 bits per heavy atom. The Labute approximate surface area is 182 Å². The molecule has 9 nitrogen and oxygen atoms in total. The largest absolute Gasteiger partial charge is 0.356 e. The molecule has 4 aliphatic rings. The molecule has 3 heterocycles. The summed E-state index contributed by atoms with van der Waals surface area (Å²) in [5.41, 5.74) is 1.33. The fraction of sp³-hybridized carbons (Fsp3) is 0.550. The second-order valence-electron chi connectivity index (χ2n) is 8.95. The van der Waals surface area contributed by atoms with Crippen molar-refractivity contribution in [3.05, 3.63) is 35.4 Å². The van der Waals surface area contributed by atoms with Crippen molar-refractivity contribution in [1.82, 2.24) is 30.1 Å². The number of H-pyrrole nitrogens is 1. The molecule has 0 aromatic carbocycles. The summed E-state index contributed by atoms with van der Waals surface area (Å²) in [7, 11) is 0. The zero-order chi connectivity index (χ0) is 21.2. The average molecular weight is 448 g/mol. The molecule has 0 amide bonds. The summed E-state index contributed by atoms with van der Waals surface area (Å²) in [5, 5.41) is 28.2. The molecule has 4 N–H and O–H groups in total. The summed E-state index contributed by atoms with van der Waals surface area (Å²) >= 11 is 6.20. The lowest BCUT2D eigenvalue weighted by molar-refractivity contribution is -0.206. The van der Waals surface area contributed by atoms with Gasteiger partial charge < -0.3 is 15.2 Å². The van der Waals surface area contributed by atoms with Gasteiger partial charge in [0.15, 0.2) is 11.6 Å². The minimum Gasteiger partial charge on any atom is -0.356 e. The van der Waals surface area contributed by atoms with Gasteiger partial charge in [-0.1, -0.05) is 11.6 Å². The van der Waals surface area contributed by atoms with Crippen molar-refractivity contribution in [2.45, 2.75) is 62.3 Å². The van der Waals surface area contributed by atoms with Crippen LogP contribution in [0.1, 0.15) is 43.7 Å². The van der Waals surface area contributed by atoms with E-state index in [1.807, 2.05) is 0 Å². The number of aromatic amines is 1. The monoisotopic (exact) mass is 447 g/mol. The van der Waals surface area contributed by atoms with Crippen LogP contribution in [0.2, 0.25) is 5.02 Å². The normalized spacial score (nSPS) is 32.6. The molecule has 0 spiro atoms. The first-order valence-corrected chi connectivity index (χ1v) is 10.9. The standard InChI is InChI=1S/C20H23ClFN7O2/c21-12-9-24-29-4-3-23-18(17(12)29)25-15-5-13(27-28-15)11-1-2-14(16(11)22)31-19(30)26-20-6-10(7-20)8-20/h3-5,9-11,14,16,19,26,30H,1-2,6-8H2,(H2,23,25,27,28)/t10?,11-,14-,16+,19?,20?/m1/s1. The maximum absolute atomic E-state index is 15.1. The van der Waals surface area contributed by atoms with E-state index in [9.17, 15) is 5.11 Å². The summed E-state index contributed by atoms with van der Waals surface area (Å²) in [6, 6.07) is 1.77. The zero-order valence-electron chi connectivity index (χ0n) is 16.6. The van der Waals surface area contributed by atoms with E-state index >= 15 is 4.39 Å². The zero-order valence-corrected chi connectivity index (χ0v) is 17.4. The lowest BCUT2D eigenvalue weighted by atomic mass is 9.50. The van der Waals surface area contributed by atoms with E-state index < -0.39 is 18.7 Å². The maximum Gasteiger partial charge on any atom is 0.214 e. The van der Waals surface area contributed by atoms with Gasteiger partial charge in [-0.25, -0.2) is 13.9 Å². The van der Waals surface area contributed by atoms with Gasteiger partial charge in [0, 0.05) is 35.6 Å². The lowest BCUT2D eigenvalue weighted by Gasteiger charge is -2.62. The van der Waals surface area contributed by atoms with E-state index in [4.69, 9.17) is 16.3 Å². The Bertz CT molecular complexity index is 1100. The van der Waals surface area contributed by atoms with Crippen molar-refractivity contribution in [2.75, 3.05) is 5.32 Å². The number of aliphatic hydroxyl groups excluding tert-OH is 1. The molecule has 4 aliphatic carbocycles. The van der Waals surface area contributed by atoms with Gasteiger partial charge in [-0.15, -0.1) is 0 Å². The van der Waals surface area contributed by atoms with Crippen molar-refractivity contribution < 1.29 is 14.2 Å². The van der Waals surface area contributed by atoms with Gasteiger partial charge in [-0.3, -0.25) is 10.4 Å². The van der Waals surface area contributed by atoms with Crippen molar-refractivity contribution in [3.8, 4) is 0 Å². The lowest BCUT2D eigenvalue weighted by Crippen LogP contribution is -2.69. The number of anilines is 2. The molecule has 4 atom stereocenters. The fourth-order valence-electron chi connectivity index (χ4n) is 5.22. The van der Waals surface area contributed by atoms with E-state index in [2.05, 4.69) is 30.9 Å². The van der Waals surface area contributed by atoms with Crippen LogP contribution >= 0.6 is 11.6 Å². The number of ether oxygens (including phenoxy) is 1. The molecule has 2 bridgehead atoms. The Kier molecular flexibility index (Phi) is 4.46. The molecular weight excluding hydrogens is 425 g/mol. The number of fused-ring (bicyclic) bond motifs is 1. The van der Waals surface area contributed by atoms with Gasteiger partial charge >= 0.3 is 0 Å². The van der Waals surface area contributed by atoms with Gasteiger partial charge in [0.25, 0.3) is 0 Å². The predicted molar refractivity (Wildman–Crippen MR) is 111 cm³/mol. The molecule has 3 aromatic rings. The van der Waals surface area contributed by atoms with E-state index in [-0.39, 0.29) is 11.5 Å². The highest BCUT2D eigenvalue weighted by atomic mass is 35.5. The summed E-state index contributed by atoms with van der Waals surface area (Å²) in [5.74, 6) is 1.43. The van der Waals surface area contributed by atoms with E-state index in [0.29, 0.717) is 40.7 Å². The van der Waals surface area contributed by atoms with E-state index in [1.54, 1.807) is 29.2 Å². The van der Waals surface area contributed by atoms with Crippen LogP contribution in [0.3, 0.4) is 0 Å². The molecule has 3 aromatic heterocycles. The van der Waals surface area contributed by atoms with Gasteiger partial charge in [0.05, 0.1) is 17.3 Å². The highest BCUT2D eigenvalue weighted by Gasteiger charge is 2.57. The van der Waals surface area contributed by atoms with Crippen LogP contribution in [0, 0.1) is 5.92 Å². The maximum atomic E-state index is 15.1. The number of halogens is 2. The summed E-state index contributed by atoms with van der Waals surface area (Å²) < 4.78 is 22.4. The number of alkyl halides is 1. The van der Waals surface area contributed by atoms with Crippen LogP contribution in [-0.2, 0) is 4.74 Å². The van der Waals surface area contributed by atoms with Crippen LogP contribution in [0.5, 0.6) is 0 Å². The van der Waals surface area contributed by atoms with Gasteiger partial charge in [-0.2, -0.15) is 10.2 Å². The van der Waals surface area contributed by atoms with Crippen LogP contribution < -0.4 is 10.6 Å². The highest BCUT2D eigenvalue weighted by molar-refractivity contribution is 6.34. The Balaban J connectivity index is 1.11. The van der Waals surface area contributed by atoms with E-state index in [1.165, 1.54) is 0 Å². The molecule has 11 heteroatoms. The number of aromatic nitrogens is 5. The van der Waals surface area contributed by atoms with Crippen LogP contribution in [0.25, 0.3) is 5.52 Å². The van der Waals surface area contributed by atoms with Gasteiger partial charge in [0.2, 0.25) is 6.41 Å². The second kappa shape index (κ2) is 7.13. The highest BCUT2D eigenvalue weighted by Crippen LogP contribution is 2.57. The van der Waals surface area contributed by atoms with Crippen molar-refractivity contribution >= 4 is 28.8 Å². The minimum absolute atomic E-state index is 0.0210. The molecule has 0 aliphatic heterocycles. The summed E-state index contributed by atoms with van der Waals surface area (Å²) in [6.45, 7) is 0. The first kappa shape index (κ1) is 19.4. The third kappa shape index (κ3) is 3.29. The predicted octanol–water partition coefficient (Wildman–Crippen LogP) is 2.87. The molecule has 31 heavy (non-hydrogen) atoms. The number of rotatable bonds is 7. The molecular formula is C20H23ClFN7O2. The Hall–Kier alpha value is -2.27. The minimum atomic E-state index is -1.23. The second-order valence-corrected chi connectivity index (χ2v) is 9.36. The van der Waals surface area contributed by atoms with Crippen molar-refractivity contribution in [3.63, 3.8) is 0 Å². The number of hydrogen-bond acceptors (Lipinski definition) is 7.